The minimum absolute atomic E-state index is 0.0127. The van der Waals surface area contributed by atoms with Crippen LogP contribution in [0.3, 0.4) is 0 Å². The SMILES string of the molecule is CCC/C=C\C/C=C\CCCCCCCCOCC(COP(=O)(O)OCC(N)C(=O)O)OC(=O)CCCCCCCCCCCCCC. The van der Waals surface area contributed by atoms with Gasteiger partial charge in [-0.05, 0) is 38.5 Å². The minimum atomic E-state index is -4.61. The normalized spacial score (nSPS) is 14.4. The smallest absolute Gasteiger partial charge is 0.472 e. The fourth-order valence-corrected chi connectivity index (χ4v) is 5.77. The first-order chi connectivity index (χ1) is 23.2. The van der Waals surface area contributed by atoms with Gasteiger partial charge >= 0.3 is 19.8 Å². The molecular formula is C37H70NO9P. The molecule has 0 aliphatic rings. The first-order valence-corrected chi connectivity index (χ1v) is 20.4. The number of phosphoric ester groups is 1. The lowest BCUT2D eigenvalue weighted by atomic mass is 10.0. The quantitative estimate of drug-likeness (QED) is 0.0249. The molecule has 3 atom stereocenters. The van der Waals surface area contributed by atoms with E-state index in [0.29, 0.717) is 13.0 Å². The molecular weight excluding hydrogens is 633 g/mol. The maximum Gasteiger partial charge on any atom is 0.472 e. The molecule has 0 spiro atoms. The number of hydrogen-bond acceptors (Lipinski definition) is 8. The highest BCUT2D eigenvalue weighted by molar-refractivity contribution is 7.47. The first-order valence-electron chi connectivity index (χ1n) is 18.9. The molecule has 0 aromatic heterocycles. The van der Waals surface area contributed by atoms with E-state index >= 15 is 0 Å². The molecule has 0 heterocycles. The molecule has 3 unspecified atom stereocenters. The zero-order chi connectivity index (χ0) is 35.6. The molecule has 0 saturated heterocycles. The third-order valence-corrected chi connectivity index (χ3v) is 8.92. The Morgan fingerprint density at radius 3 is 1.77 bits per heavy atom. The number of carbonyl (C=O) groups excluding carboxylic acids is 1. The molecule has 0 rings (SSSR count). The number of nitrogens with two attached hydrogens (primary N) is 1. The van der Waals surface area contributed by atoms with E-state index < -0.39 is 45.1 Å². The lowest BCUT2D eigenvalue weighted by Crippen LogP contribution is -2.34. The standard InChI is InChI=1S/C37H70NO9P/c1-3-5-7-9-11-13-15-17-18-20-22-24-26-28-30-44-31-34(32-45-48(42,43)46-33-35(38)37(40)41)47-36(39)29-27-25-23-21-19-16-14-12-10-8-6-4-2/h7,9,13,15,34-35H,3-6,8,10-12,14,16-33,38H2,1-2H3,(H,40,41)(H,42,43)/b9-7-,15-13-. The van der Waals surface area contributed by atoms with Crippen molar-refractivity contribution in [1.82, 2.24) is 0 Å². The summed E-state index contributed by atoms with van der Waals surface area (Å²) in [5, 5.41) is 8.86. The average molecular weight is 704 g/mol. The highest BCUT2D eigenvalue weighted by atomic mass is 31.2. The van der Waals surface area contributed by atoms with E-state index in [-0.39, 0.29) is 13.0 Å². The summed E-state index contributed by atoms with van der Waals surface area (Å²) in [5.41, 5.74) is 5.33. The summed E-state index contributed by atoms with van der Waals surface area (Å²) in [7, 11) is -4.61. The van der Waals surface area contributed by atoms with Gasteiger partial charge in [-0.3, -0.25) is 18.6 Å². The number of esters is 1. The van der Waals surface area contributed by atoms with E-state index in [1.54, 1.807) is 0 Å². The van der Waals surface area contributed by atoms with Crippen molar-refractivity contribution in [3.8, 4) is 0 Å². The number of unbranched alkanes of at least 4 members (excludes halogenated alkanes) is 18. The van der Waals surface area contributed by atoms with Crippen molar-refractivity contribution in [1.29, 1.82) is 0 Å². The maximum absolute atomic E-state index is 12.5. The largest absolute Gasteiger partial charge is 0.480 e. The number of carboxylic acids is 1. The van der Waals surface area contributed by atoms with E-state index in [1.807, 2.05) is 0 Å². The fourth-order valence-electron chi connectivity index (χ4n) is 4.99. The van der Waals surface area contributed by atoms with Crippen molar-refractivity contribution in [3.63, 3.8) is 0 Å². The van der Waals surface area contributed by atoms with Crippen molar-refractivity contribution in [2.45, 2.75) is 174 Å². The Labute approximate surface area is 292 Å². The molecule has 11 heteroatoms. The van der Waals surface area contributed by atoms with E-state index in [9.17, 15) is 19.0 Å². The van der Waals surface area contributed by atoms with Gasteiger partial charge in [0.1, 0.15) is 12.1 Å². The van der Waals surface area contributed by atoms with Gasteiger partial charge in [-0.2, -0.15) is 0 Å². The van der Waals surface area contributed by atoms with Gasteiger partial charge in [-0.15, -0.1) is 0 Å². The van der Waals surface area contributed by atoms with Gasteiger partial charge in [-0.25, -0.2) is 4.57 Å². The Kier molecular flexibility index (Phi) is 32.8. The number of allylic oxidation sites excluding steroid dienone is 4. The topological polar surface area (TPSA) is 155 Å². The fraction of sp³-hybridized carbons (Fsp3) is 0.838. The van der Waals surface area contributed by atoms with Crippen molar-refractivity contribution in [3.05, 3.63) is 24.3 Å². The summed E-state index contributed by atoms with van der Waals surface area (Å²) in [6, 6.07) is -1.47. The van der Waals surface area contributed by atoms with Crippen LogP contribution in [0.1, 0.15) is 162 Å². The Balaban J connectivity index is 4.32. The first kappa shape index (κ1) is 46.5. The lowest BCUT2D eigenvalue weighted by molar-refractivity contribution is -0.154. The highest BCUT2D eigenvalue weighted by Crippen LogP contribution is 2.43. The van der Waals surface area contributed by atoms with Crippen LogP contribution in [0.15, 0.2) is 24.3 Å². The second kappa shape index (κ2) is 33.9. The van der Waals surface area contributed by atoms with Crippen LogP contribution in [-0.4, -0.2) is 60.5 Å². The summed E-state index contributed by atoms with van der Waals surface area (Å²) >= 11 is 0. The van der Waals surface area contributed by atoms with Gasteiger partial charge in [0.05, 0.1) is 19.8 Å². The Morgan fingerprint density at radius 2 is 1.19 bits per heavy atom. The number of hydrogen-bond donors (Lipinski definition) is 3. The summed E-state index contributed by atoms with van der Waals surface area (Å²) in [4.78, 5) is 33.3. The number of phosphoric acid groups is 1. The second-order valence-corrected chi connectivity index (χ2v) is 14.2. The van der Waals surface area contributed by atoms with Crippen molar-refractivity contribution >= 4 is 19.8 Å². The monoisotopic (exact) mass is 703 g/mol. The Morgan fingerprint density at radius 1 is 0.667 bits per heavy atom. The van der Waals surface area contributed by atoms with E-state index in [1.165, 1.54) is 83.5 Å². The molecule has 48 heavy (non-hydrogen) atoms. The van der Waals surface area contributed by atoms with Crippen LogP contribution in [-0.2, 0) is 32.7 Å². The minimum Gasteiger partial charge on any atom is -0.480 e. The predicted octanol–water partition coefficient (Wildman–Crippen LogP) is 9.58. The molecule has 0 aromatic carbocycles. The van der Waals surface area contributed by atoms with Crippen molar-refractivity contribution < 1.29 is 42.7 Å². The molecule has 0 radical (unpaired) electrons. The molecule has 0 fully saturated rings. The van der Waals surface area contributed by atoms with E-state index in [0.717, 1.165) is 51.4 Å². The van der Waals surface area contributed by atoms with Crippen LogP contribution >= 0.6 is 7.82 Å². The third-order valence-electron chi connectivity index (χ3n) is 7.96. The Hall–Kier alpha value is -1.55. The van der Waals surface area contributed by atoms with E-state index in [2.05, 4.69) is 42.7 Å². The summed E-state index contributed by atoms with van der Waals surface area (Å²) < 4.78 is 33.2. The van der Waals surface area contributed by atoms with Gasteiger partial charge in [0.25, 0.3) is 0 Å². The molecule has 282 valence electrons. The average Bonchev–Trinajstić information content (AvgIpc) is 3.06. The predicted molar refractivity (Wildman–Crippen MR) is 194 cm³/mol. The number of aliphatic carboxylic acids is 1. The van der Waals surface area contributed by atoms with Gasteiger partial charge in [-0.1, -0.05) is 141 Å². The molecule has 0 amide bonds. The van der Waals surface area contributed by atoms with Crippen LogP contribution < -0.4 is 5.73 Å². The summed E-state index contributed by atoms with van der Waals surface area (Å²) in [5.74, 6) is -1.78. The van der Waals surface area contributed by atoms with Crippen LogP contribution in [0.4, 0.5) is 0 Å². The zero-order valence-corrected chi connectivity index (χ0v) is 31.2. The van der Waals surface area contributed by atoms with Gasteiger partial charge in [0, 0.05) is 13.0 Å². The van der Waals surface area contributed by atoms with Crippen molar-refractivity contribution in [2.75, 3.05) is 26.4 Å². The Bertz CT molecular complexity index is 868. The molecule has 0 aliphatic heterocycles. The molecule has 0 aliphatic carbocycles. The molecule has 4 N–H and O–H groups in total. The van der Waals surface area contributed by atoms with Crippen LogP contribution in [0.2, 0.25) is 0 Å². The molecule has 0 bridgehead atoms. The van der Waals surface area contributed by atoms with Gasteiger partial charge in [0.15, 0.2) is 0 Å². The lowest BCUT2D eigenvalue weighted by Gasteiger charge is -2.20. The highest BCUT2D eigenvalue weighted by Gasteiger charge is 2.27. The van der Waals surface area contributed by atoms with Crippen LogP contribution in [0, 0.1) is 0 Å². The third kappa shape index (κ3) is 33.0. The van der Waals surface area contributed by atoms with Crippen molar-refractivity contribution in [2.24, 2.45) is 5.73 Å². The van der Waals surface area contributed by atoms with E-state index in [4.69, 9.17) is 24.8 Å². The number of carbonyl (C=O) groups is 2. The second-order valence-electron chi connectivity index (χ2n) is 12.7. The summed E-state index contributed by atoms with van der Waals surface area (Å²) in [6.45, 7) is 3.78. The van der Waals surface area contributed by atoms with Crippen LogP contribution in [0.25, 0.3) is 0 Å². The van der Waals surface area contributed by atoms with Crippen LogP contribution in [0.5, 0.6) is 0 Å². The summed E-state index contributed by atoms with van der Waals surface area (Å²) in [6.07, 6.45) is 33.7. The number of carboxylic acid groups (broad SMARTS) is 1. The number of ether oxygens (including phenoxy) is 2. The zero-order valence-electron chi connectivity index (χ0n) is 30.3. The maximum atomic E-state index is 12.5. The molecule has 10 nitrogen and oxygen atoms in total. The van der Waals surface area contributed by atoms with Gasteiger partial charge in [0.2, 0.25) is 0 Å². The number of rotatable bonds is 36. The molecule has 0 saturated carbocycles. The van der Waals surface area contributed by atoms with Gasteiger partial charge < -0.3 is 25.2 Å². The molecule has 0 aromatic rings.